The molecule has 33 heavy (non-hydrogen) atoms. The highest BCUT2D eigenvalue weighted by Crippen LogP contribution is 2.23. The van der Waals surface area contributed by atoms with E-state index < -0.39 is 0 Å². The Bertz CT molecular complexity index is 1280. The van der Waals surface area contributed by atoms with Crippen LogP contribution in [0.5, 0.6) is 5.75 Å². The van der Waals surface area contributed by atoms with Gasteiger partial charge in [0, 0.05) is 6.54 Å². The lowest BCUT2D eigenvalue weighted by Gasteiger charge is -2.17. The number of aromatic nitrogens is 2. The molecule has 0 aliphatic heterocycles. The number of amides is 1. The number of para-hydroxylation sites is 2. The number of fused-ring (bicyclic) bond motifs is 1. The summed E-state index contributed by atoms with van der Waals surface area (Å²) in [5.41, 5.74) is 4.76. The maximum Gasteiger partial charge on any atom is 0.253 e. The monoisotopic (exact) mass is 461 g/mol. The van der Waals surface area contributed by atoms with Crippen molar-refractivity contribution in [2.24, 2.45) is 0 Å². The van der Waals surface area contributed by atoms with Crippen molar-refractivity contribution in [1.82, 2.24) is 14.9 Å². The summed E-state index contributed by atoms with van der Waals surface area (Å²) in [6.45, 7) is 7.41. The van der Waals surface area contributed by atoms with Crippen LogP contribution in [0.25, 0.3) is 11.0 Å². The zero-order valence-electron chi connectivity index (χ0n) is 19.1. The lowest BCUT2D eigenvalue weighted by atomic mass is 10.1. The van der Waals surface area contributed by atoms with Crippen LogP contribution >= 0.6 is 11.6 Å². The van der Waals surface area contributed by atoms with Crippen LogP contribution in [0.3, 0.4) is 0 Å². The van der Waals surface area contributed by atoms with E-state index in [-0.39, 0.29) is 11.9 Å². The molecule has 0 radical (unpaired) electrons. The fourth-order valence-electron chi connectivity index (χ4n) is 4.01. The standard InChI is InChI=1S/C27H28ClN3O2/c1-18-13-14-25(19(2)17-18)33-16-8-15-31-24-12-7-6-11-23(24)30-26(31)20(3)29-27(32)21-9-4-5-10-22(21)28/h4-7,9-14,17,20H,8,15-16H2,1-3H3,(H,29,32). The number of nitrogens with zero attached hydrogens (tertiary/aromatic N) is 2. The van der Waals surface area contributed by atoms with Gasteiger partial charge in [-0.3, -0.25) is 4.79 Å². The van der Waals surface area contributed by atoms with E-state index in [0.29, 0.717) is 17.2 Å². The molecule has 6 heteroatoms. The van der Waals surface area contributed by atoms with Crippen LogP contribution in [0.1, 0.15) is 46.7 Å². The molecule has 1 unspecified atom stereocenters. The zero-order valence-corrected chi connectivity index (χ0v) is 19.9. The van der Waals surface area contributed by atoms with Gasteiger partial charge in [-0.05, 0) is 63.1 Å². The van der Waals surface area contributed by atoms with Gasteiger partial charge >= 0.3 is 0 Å². The number of hydrogen-bond acceptors (Lipinski definition) is 3. The second-order valence-electron chi connectivity index (χ2n) is 8.26. The summed E-state index contributed by atoms with van der Waals surface area (Å²) in [5.74, 6) is 1.50. The van der Waals surface area contributed by atoms with Crippen LogP contribution in [0.4, 0.5) is 0 Å². The molecule has 5 nitrogen and oxygen atoms in total. The van der Waals surface area contributed by atoms with Crippen LogP contribution in [0.15, 0.2) is 66.7 Å². The van der Waals surface area contributed by atoms with Gasteiger partial charge in [0.15, 0.2) is 0 Å². The number of carbonyl (C=O) groups excluding carboxylic acids is 1. The van der Waals surface area contributed by atoms with Crippen molar-refractivity contribution in [2.45, 2.75) is 39.8 Å². The third-order valence-electron chi connectivity index (χ3n) is 5.65. The Labute approximate surface area is 199 Å². The van der Waals surface area contributed by atoms with Crippen LogP contribution in [-0.4, -0.2) is 22.1 Å². The first kappa shape index (κ1) is 22.9. The first-order chi connectivity index (χ1) is 15.9. The van der Waals surface area contributed by atoms with Crippen molar-refractivity contribution < 1.29 is 9.53 Å². The third kappa shape index (κ3) is 5.20. The van der Waals surface area contributed by atoms with E-state index in [1.54, 1.807) is 18.2 Å². The Morgan fingerprint density at radius 2 is 1.85 bits per heavy atom. The molecule has 0 saturated heterocycles. The van der Waals surface area contributed by atoms with E-state index in [4.69, 9.17) is 21.3 Å². The van der Waals surface area contributed by atoms with Gasteiger partial charge in [0.1, 0.15) is 11.6 Å². The first-order valence-corrected chi connectivity index (χ1v) is 11.5. The molecular formula is C27H28ClN3O2. The molecule has 1 N–H and O–H groups in total. The van der Waals surface area contributed by atoms with Gasteiger partial charge in [-0.15, -0.1) is 0 Å². The average molecular weight is 462 g/mol. The molecule has 0 saturated carbocycles. The van der Waals surface area contributed by atoms with Gasteiger partial charge in [0.05, 0.1) is 34.3 Å². The van der Waals surface area contributed by atoms with Gasteiger partial charge in [-0.25, -0.2) is 4.98 Å². The average Bonchev–Trinajstić information content (AvgIpc) is 3.17. The summed E-state index contributed by atoms with van der Waals surface area (Å²) in [6.07, 6.45) is 0.811. The second-order valence-corrected chi connectivity index (χ2v) is 8.66. The topological polar surface area (TPSA) is 56.1 Å². The minimum absolute atomic E-state index is 0.218. The van der Waals surface area contributed by atoms with E-state index in [0.717, 1.165) is 41.1 Å². The third-order valence-corrected chi connectivity index (χ3v) is 5.98. The maximum atomic E-state index is 12.8. The fourth-order valence-corrected chi connectivity index (χ4v) is 4.23. The van der Waals surface area contributed by atoms with Crippen molar-refractivity contribution in [3.8, 4) is 5.75 Å². The smallest absolute Gasteiger partial charge is 0.253 e. The van der Waals surface area contributed by atoms with Crippen molar-refractivity contribution in [2.75, 3.05) is 6.61 Å². The van der Waals surface area contributed by atoms with Crippen molar-refractivity contribution in [3.63, 3.8) is 0 Å². The Morgan fingerprint density at radius 1 is 1.09 bits per heavy atom. The van der Waals surface area contributed by atoms with Gasteiger partial charge in [-0.2, -0.15) is 0 Å². The Morgan fingerprint density at radius 3 is 2.64 bits per heavy atom. The maximum absolute atomic E-state index is 12.8. The molecule has 0 aliphatic carbocycles. The molecule has 170 valence electrons. The molecule has 4 rings (SSSR count). The summed E-state index contributed by atoms with van der Waals surface area (Å²) >= 11 is 6.20. The van der Waals surface area contributed by atoms with E-state index in [9.17, 15) is 4.79 Å². The number of rotatable bonds is 8. The number of hydrogen-bond donors (Lipinski definition) is 1. The SMILES string of the molecule is Cc1ccc(OCCCn2c(C(C)NC(=O)c3ccccc3Cl)nc3ccccc32)c(C)c1. The van der Waals surface area contributed by atoms with Crippen molar-refractivity contribution >= 4 is 28.5 Å². The fraction of sp³-hybridized carbons (Fsp3) is 0.259. The minimum atomic E-state index is -0.290. The van der Waals surface area contributed by atoms with Crippen LogP contribution < -0.4 is 10.1 Å². The van der Waals surface area contributed by atoms with E-state index in [2.05, 4.69) is 41.9 Å². The number of ether oxygens (including phenoxy) is 1. The molecule has 0 bridgehead atoms. The van der Waals surface area contributed by atoms with Gasteiger partial charge in [-0.1, -0.05) is 53.6 Å². The lowest BCUT2D eigenvalue weighted by Crippen LogP contribution is -2.29. The molecule has 0 spiro atoms. The normalized spacial score (nSPS) is 12.0. The number of nitrogens with one attached hydrogen (secondary N) is 1. The molecule has 1 atom stereocenters. The number of carbonyl (C=O) groups is 1. The van der Waals surface area contributed by atoms with Crippen molar-refractivity contribution in [3.05, 3.63) is 94.3 Å². The molecule has 1 heterocycles. The predicted molar refractivity (Wildman–Crippen MR) is 133 cm³/mol. The van der Waals surface area contributed by atoms with Gasteiger partial charge in [0.25, 0.3) is 5.91 Å². The van der Waals surface area contributed by atoms with Crippen molar-refractivity contribution in [1.29, 1.82) is 0 Å². The number of benzene rings is 3. The lowest BCUT2D eigenvalue weighted by molar-refractivity contribution is 0.0937. The molecule has 4 aromatic rings. The summed E-state index contributed by atoms with van der Waals surface area (Å²) in [5, 5.41) is 3.48. The van der Waals surface area contributed by atoms with Gasteiger partial charge in [0.2, 0.25) is 0 Å². The molecule has 0 aliphatic rings. The number of aryl methyl sites for hydroxylation is 3. The summed E-state index contributed by atoms with van der Waals surface area (Å²) in [6, 6.07) is 21.0. The van der Waals surface area contributed by atoms with E-state index in [1.807, 2.05) is 37.3 Å². The number of halogens is 1. The quantitative estimate of drug-likeness (QED) is 0.315. The zero-order chi connectivity index (χ0) is 23.4. The molecule has 1 aromatic heterocycles. The van der Waals surface area contributed by atoms with Crippen LogP contribution in [0, 0.1) is 13.8 Å². The van der Waals surface area contributed by atoms with E-state index in [1.165, 1.54) is 5.56 Å². The Balaban J connectivity index is 1.49. The largest absolute Gasteiger partial charge is 0.493 e. The highest BCUT2D eigenvalue weighted by atomic mass is 35.5. The van der Waals surface area contributed by atoms with Crippen LogP contribution in [-0.2, 0) is 6.54 Å². The summed E-state index contributed by atoms with van der Waals surface area (Å²) in [4.78, 5) is 17.6. The predicted octanol–water partition coefficient (Wildman–Crippen LogP) is 6.27. The van der Waals surface area contributed by atoms with Crippen LogP contribution in [0.2, 0.25) is 5.02 Å². The Hall–Kier alpha value is -3.31. The highest BCUT2D eigenvalue weighted by molar-refractivity contribution is 6.33. The Kier molecular flexibility index (Phi) is 6.99. The molecule has 1 amide bonds. The number of imidazole rings is 1. The molecular weight excluding hydrogens is 434 g/mol. The summed E-state index contributed by atoms with van der Waals surface area (Å²) in [7, 11) is 0. The summed E-state index contributed by atoms with van der Waals surface area (Å²) < 4.78 is 8.18. The van der Waals surface area contributed by atoms with Gasteiger partial charge < -0.3 is 14.6 Å². The molecule has 3 aromatic carbocycles. The molecule has 0 fully saturated rings. The highest BCUT2D eigenvalue weighted by Gasteiger charge is 2.20. The second kappa shape index (κ2) is 10.1. The first-order valence-electron chi connectivity index (χ1n) is 11.1. The minimum Gasteiger partial charge on any atom is -0.493 e. The van der Waals surface area contributed by atoms with E-state index >= 15 is 0 Å².